The number of benzene rings is 4. The van der Waals surface area contributed by atoms with Crippen LogP contribution in [0.2, 0.25) is 0 Å². The molecule has 5 rings (SSSR count). The monoisotopic (exact) mass is 364 g/mol. The van der Waals surface area contributed by atoms with Crippen molar-refractivity contribution in [1.29, 1.82) is 0 Å². The molecule has 0 aromatic heterocycles. The molecule has 136 valence electrons. The second kappa shape index (κ2) is 6.16. The highest BCUT2D eigenvalue weighted by Crippen LogP contribution is 2.57. The number of rotatable bonds is 2. The van der Waals surface area contributed by atoms with Gasteiger partial charge in [0.2, 0.25) is 0 Å². The van der Waals surface area contributed by atoms with E-state index in [0.717, 1.165) is 11.1 Å². The first kappa shape index (κ1) is 16.9. The largest absolute Gasteiger partial charge is 0.377 e. The second-order valence-corrected chi connectivity index (χ2v) is 7.24. The maximum absolute atomic E-state index is 12.4. The maximum Gasteiger partial charge on any atom is 0.152 e. The zero-order chi connectivity index (χ0) is 19.2. The first-order chi connectivity index (χ1) is 13.7. The van der Waals surface area contributed by atoms with E-state index in [1.807, 2.05) is 109 Å². The summed E-state index contributed by atoms with van der Waals surface area (Å²) in [6, 6.07) is 34.5. The summed E-state index contributed by atoms with van der Waals surface area (Å²) in [7, 11) is 0. The van der Waals surface area contributed by atoms with Crippen molar-refractivity contribution in [2.75, 3.05) is 0 Å². The molecule has 2 atom stereocenters. The van der Waals surface area contributed by atoms with Crippen molar-refractivity contribution < 1.29 is 10.2 Å². The molecule has 0 bridgehead atoms. The van der Waals surface area contributed by atoms with Crippen LogP contribution < -0.4 is 0 Å². The number of hydrogen-bond acceptors (Lipinski definition) is 2. The van der Waals surface area contributed by atoms with Crippen molar-refractivity contribution in [2.45, 2.75) is 11.2 Å². The van der Waals surface area contributed by atoms with E-state index < -0.39 is 11.2 Å². The van der Waals surface area contributed by atoms with Crippen LogP contribution in [0.1, 0.15) is 22.3 Å². The molecule has 1 aliphatic rings. The van der Waals surface area contributed by atoms with Gasteiger partial charge in [0.1, 0.15) is 0 Å². The summed E-state index contributed by atoms with van der Waals surface area (Å²) in [5, 5.41) is 24.7. The summed E-state index contributed by atoms with van der Waals surface area (Å²) in [4.78, 5) is 0. The SMILES string of the molecule is OC1(c2ccccc2)c2ccccc2-c2ccccc2C1(O)c1ccccc1. The number of fused-ring (bicyclic) bond motifs is 3. The van der Waals surface area contributed by atoms with Gasteiger partial charge in [0.05, 0.1) is 0 Å². The van der Waals surface area contributed by atoms with Gasteiger partial charge < -0.3 is 10.2 Å². The molecule has 0 fully saturated rings. The Morgan fingerprint density at radius 2 is 0.714 bits per heavy atom. The molecule has 0 radical (unpaired) electrons. The molecule has 0 aliphatic heterocycles. The lowest BCUT2D eigenvalue weighted by molar-refractivity contribution is -0.114. The molecule has 0 spiro atoms. The van der Waals surface area contributed by atoms with Gasteiger partial charge in [-0.15, -0.1) is 0 Å². The van der Waals surface area contributed by atoms with E-state index in [-0.39, 0.29) is 0 Å². The van der Waals surface area contributed by atoms with E-state index in [0.29, 0.717) is 22.3 Å². The Morgan fingerprint density at radius 1 is 0.393 bits per heavy atom. The normalized spacial score (nSPS) is 22.9. The summed E-state index contributed by atoms with van der Waals surface area (Å²) in [5.74, 6) is 0. The molecule has 0 saturated heterocycles. The number of hydrogen-bond donors (Lipinski definition) is 2. The Morgan fingerprint density at radius 3 is 1.11 bits per heavy atom. The Labute approximate surface area is 164 Å². The lowest BCUT2D eigenvalue weighted by Gasteiger charge is -2.49. The minimum Gasteiger partial charge on any atom is -0.377 e. The molecule has 28 heavy (non-hydrogen) atoms. The van der Waals surface area contributed by atoms with Gasteiger partial charge in [-0.3, -0.25) is 0 Å². The van der Waals surface area contributed by atoms with Crippen LogP contribution in [0, 0.1) is 0 Å². The predicted octanol–water partition coefficient (Wildman–Crippen LogP) is 4.84. The highest BCUT2D eigenvalue weighted by atomic mass is 16.4. The van der Waals surface area contributed by atoms with Crippen molar-refractivity contribution in [3.63, 3.8) is 0 Å². The summed E-state index contributed by atoms with van der Waals surface area (Å²) in [6.07, 6.45) is 0. The number of aliphatic hydroxyl groups is 2. The summed E-state index contributed by atoms with van der Waals surface area (Å²) in [5.41, 5.74) is 1.31. The Kier molecular flexibility index (Phi) is 3.73. The molecule has 2 nitrogen and oxygen atoms in total. The topological polar surface area (TPSA) is 40.5 Å². The van der Waals surface area contributed by atoms with Gasteiger partial charge in [0, 0.05) is 0 Å². The van der Waals surface area contributed by atoms with Crippen LogP contribution in [0.25, 0.3) is 11.1 Å². The van der Waals surface area contributed by atoms with Crippen LogP contribution in [0.4, 0.5) is 0 Å². The molecule has 4 aromatic carbocycles. The van der Waals surface area contributed by atoms with E-state index in [4.69, 9.17) is 0 Å². The third-order valence-electron chi connectivity index (χ3n) is 5.83. The molecular formula is C26H20O2. The van der Waals surface area contributed by atoms with Crippen molar-refractivity contribution in [3.05, 3.63) is 131 Å². The molecule has 2 N–H and O–H groups in total. The first-order valence-corrected chi connectivity index (χ1v) is 9.42. The molecular weight excluding hydrogens is 344 g/mol. The standard InChI is InChI=1S/C26H20O2/c27-25(19-11-3-1-4-12-19)23-17-9-7-15-21(23)22-16-8-10-18-24(22)26(25,28)20-13-5-2-6-14-20/h1-18,27-28H. The zero-order valence-electron chi connectivity index (χ0n) is 15.3. The van der Waals surface area contributed by atoms with Crippen molar-refractivity contribution >= 4 is 0 Å². The summed E-state index contributed by atoms with van der Waals surface area (Å²) in [6.45, 7) is 0. The van der Waals surface area contributed by atoms with Crippen LogP contribution in [0.15, 0.2) is 109 Å². The van der Waals surface area contributed by atoms with Crippen LogP contribution in [-0.2, 0) is 11.2 Å². The van der Waals surface area contributed by atoms with E-state index >= 15 is 0 Å². The average Bonchev–Trinajstić information content (AvgIpc) is 2.78. The first-order valence-electron chi connectivity index (χ1n) is 9.42. The molecule has 0 amide bonds. The van der Waals surface area contributed by atoms with Gasteiger partial charge in [0.15, 0.2) is 11.2 Å². The minimum atomic E-state index is -1.64. The molecule has 4 aromatic rings. The Bertz CT molecular complexity index is 1040. The van der Waals surface area contributed by atoms with Crippen LogP contribution in [0.3, 0.4) is 0 Å². The van der Waals surface area contributed by atoms with Crippen LogP contribution >= 0.6 is 0 Å². The molecule has 0 saturated carbocycles. The van der Waals surface area contributed by atoms with Gasteiger partial charge >= 0.3 is 0 Å². The lowest BCUT2D eigenvalue weighted by Crippen LogP contribution is -2.53. The minimum absolute atomic E-state index is 0.656. The van der Waals surface area contributed by atoms with Gasteiger partial charge in [-0.2, -0.15) is 0 Å². The van der Waals surface area contributed by atoms with Crippen LogP contribution in [-0.4, -0.2) is 10.2 Å². The third kappa shape index (κ3) is 2.10. The quantitative estimate of drug-likeness (QED) is 0.534. The van der Waals surface area contributed by atoms with Crippen molar-refractivity contribution in [2.24, 2.45) is 0 Å². The predicted molar refractivity (Wildman–Crippen MR) is 111 cm³/mol. The van der Waals surface area contributed by atoms with E-state index in [2.05, 4.69) is 0 Å². The summed E-state index contributed by atoms with van der Waals surface area (Å²) < 4.78 is 0. The van der Waals surface area contributed by atoms with E-state index in [9.17, 15) is 10.2 Å². The van der Waals surface area contributed by atoms with Gasteiger partial charge in [-0.25, -0.2) is 0 Å². The maximum atomic E-state index is 12.4. The Balaban J connectivity index is 1.96. The zero-order valence-corrected chi connectivity index (χ0v) is 15.3. The average molecular weight is 364 g/mol. The van der Waals surface area contributed by atoms with Gasteiger partial charge in [0.25, 0.3) is 0 Å². The van der Waals surface area contributed by atoms with E-state index in [1.165, 1.54) is 0 Å². The van der Waals surface area contributed by atoms with Gasteiger partial charge in [-0.1, -0.05) is 109 Å². The fraction of sp³-hybridized carbons (Fsp3) is 0.0769. The highest BCUT2D eigenvalue weighted by molar-refractivity contribution is 5.79. The smallest absolute Gasteiger partial charge is 0.152 e. The van der Waals surface area contributed by atoms with Crippen LogP contribution in [0.5, 0.6) is 0 Å². The van der Waals surface area contributed by atoms with Crippen molar-refractivity contribution in [1.82, 2.24) is 0 Å². The lowest BCUT2D eigenvalue weighted by atomic mass is 9.60. The van der Waals surface area contributed by atoms with Crippen molar-refractivity contribution in [3.8, 4) is 11.1 Å². The molecule has 2 heteroatoms. The fourth-order valence-electron chi connectivity index (χ4n) is 4.54. The molecule has 0 heterocycles. The second-order valence-electron chi connectivity index (χ2n) is 7.24. The summed E-state index contributed by atoms with van der Waals surface area (Å²) >= 11 is 0. The fourth-order valence-corrected chi connectivity index (χ4v) is 4.54. The molecule has 1 aliphatic carbocycles. The van der Waals surface area contributed by atoms with E-state index in [1.54, 1.807) is 0 Å². The van der Waals surface area contributed by atoms with Gasteiger partial charge in [-0.05, 0) is 33.4 Å². The third-order valence-corrected chi connectivity index (χ3v) is 5.83. The Hall–Kier alpha value is -3.20. The highest BCUT2D eigenvalue weighted by Gasteiger charge is 2.58. The molecule has 2 unspecified atom stereocenters.